The Balaban J connectivity index is 1.96. The molecular weight excluding hydrogens is 325 g/mol. The number of para-hydroxylation sites is 1. The first-order valence-electron chi connectivity index (χ1n) is 9.31. The second-order valence-electron chi connectivity index (χ2n) is 8.15. The van der Waals surface area contributed by atoms with Crippen LogP contribution in [-0.4, -0.2) is 18.2 Å². The molecule has 3 rings (SSSR count). The Bertz CT molecular complexity index is 742. The summed E-state index contributed by atoms with van der Waals surface area (Å²) in [6, 6.07) is 13.0. The molecule has 0 saturated carbocycles. The summed E-state index contributed by atoms with van der Waals surface area (Å²) in [7, 11) is 0.479. The average molecular weight is 355 g/mol. The molecule has 0 radical (unpaired) electrons. The van der Waals surface area contributed by atoms with E-state index >= 15 is 0 Å². The second kappa shape index (κ2) is 7.38. The van der Waals surface area contributed by atoms with E-state index in [0.717, 1.165) is 24.0 Å². The molecule has 1 N–H and O–H groups in total. The number of aryl methyl sites for hydroxylation is 1. The number of nitrogens with zero attached hydrogens (tertiary/aromatic N) is 1. The number of phenols is 1. The lowest BCUT2D eigenvalue weighted by Crippen LogP contribution is -2.32. The van der Waals surface area contributed by atoms with Gasteiger partial charge in [0, 0.05) is 29.4 Å². The standard InChI is InChI=1S/C22H30NOP/c1-16-11-12-19(18(15-16)23-13-6-5-7-14-23)25-20-10-8-9-17(21(20)24)22(2,3)4/h8-12,15,24-25H,5-7,13-14H2,1-4H3. The third kappa shape index (κ3) is 4.18. The fourth-order valence-corrected chi connectivity index (χ4v) is 4.79. The van der Waals surface area contributed by atoms with E-state index in [0.29, 0.717) is 14.3 Å². The number of anilines is 1. The molecule has 1 unspecified atom stereocenters. The largest absolute Gasteiger partial charge is 0.507 e. The van der Waals surface area contributed by atoms with Crippen molar-refractivity contribution in [2.75, 3.05) is 18.0 Å². The average Bonchev–Trinajstić information content (AvgIpc) is 2.58. The van der Waals surface area contributed by atoms with Crippen LogP contribution in [0.4, 0.5) is 5.69 Å². The Kier molecular flexibility index (Phi) is 5.39. The summed E-state index contributed by atoms with van der Waals surface area (Å²) in [6.45, 7) is 10.9. The van der Waals surface area contributed by atoms with Crippen molar-refractivity contribution in [3.05, 3.63) is 47.5 Å². The number of rotatable bonds is 3. The van der Waals surface area contributed by atoms with Crippen molar-refractivity contribution < 1.29 is 5.11 Å². The molecule has 134 valence electrons. The molecule has 0 aliphatic carbocycles. The van der Waals surface area contributed by atoms with E-state index in [9.17, 15) is 5.11 Å². The van der Waals surface area contributed by atoms with Gasteiger partial charge in [-0.05, 0) is 48.8 Å². The first kappa shape index (κ1) is 18.3. The molecule has 2 aromatic rings. The van der Waals surface area contributed by atoms with Crippen molar-refractivity contribution in [1.29, 1.82) is 0 Å². The fourth-order valence-electron chi connectivity index (χ4n) is 3.54. The lowest BCUT2D eigenvalue weighted by Gasteiger charge is -2.31. The van der Waals surface area contributed by atoms with Gasteiger partial charge in [0.1, 0.15) is 5.75 Å². The van der Waals surface area contributed by atoms with Gasteiger partial charge in [-0.15, -0.1) is 0 Å². The molecule has 1 aliphatic heterocycles. The lowest BCUT2D eigenvalue weighted by molar-refractivity contribution is 0.451. The molecule has 1 fully saturated rings. The molecule has 1 atom stereocenters. The highest BCUT2D eigenvalue weighted by atomic mass is 31.1. The molecule has 0 amide bonds. The predicted octanol–water partition coefficient (Wildman–Crippen LogP) is 4.62. The third-order valence-corrected chi connectivity index (χ3v) is 6.33. The molecule has 25 heavy (non-hydrogen) atoms. The zero-order valence-electron chi connectivity index (χ0n) is 15.9. The SMILES string of the molecule is Cc1ccc(Pc2cccc(C(C)(C)C)c2O)c(N2CCCCC2)c1. The van der Waals surface area contributed by atoms with Crippen molar-refractivity contribution in [2.45, 2.75) is 52.4 Å². The smallest absolute Gasteiger partial charge is 0.127 e. The summed E-state index contributed by atoms with van der Waals surface area (Å²) in [4.78, 5) is 2.53. The van der Waals surface area contributed by atoms with E-state index in [4.69, 9.17) is 0 Å². The first-order valence-corrected chi connectivity index (χ1v) is 10.3. The maximum atomic E-state index is 10.8. The summed E-state index contributed by atoms with van der Waals surface area (Å²) in [5.74, 6) is 0.471. The Morgan fingerprint density at radius 3 is 2.36 bits per heavy atom. The van der Waals surface area contributed by atoms with Crippen LogP contribution in [0.3, 0.4) is 0 Å². The van der Waals surface area contributed by atoms with Crippen molar-refractivity contribution in [2.24, 2.45) is 0 Å². The van der Waals surface area contributed by atoms with Crippen LogP contribution in [0.1, 0.15) is 51.2 Å². The highest BCUT2D eigenvalue weighted by molar-refractivity contribution is 7.56. The number of piperidine rings is 1. The minimum absolute atomic E-state index is 0.0481. The van der Waals surface area contributed by atoms with Gasteiger partial charge >= 0.3 is 0 Å². The monoisotopic (exact) mass is 355 g/mol. The molecule has 3 heteroatoms. The molecule has 2 aromatic carbocycles. The molecule has 1 saturated heterocycles. The summed E-state index contributed by atoms with van der Waals surface area (Å²) in [6.07, 6.45) is 3.90. The number of hydrogen-bond donors (Lipinski definition) is 1. The number of phenolic OH excluding ortho intramolecular Hbond substituents is 1. The van der Waals surface area contributed by atoms with Gasteiger partial charge < -0.3 is 10.0 Å². The summed E-state index contributed by atoms with van der Waals surface area (Å²) in [5, 5.41) is 13.2. The van der Waals surface area contributed by atoms with Crippen LogP contribution in [0.5, 0.6) is 5.75 Å². The van der Waals surface area contributed by atoms with E-state index in [1.165, 1.54) is 35.8 Å². The molecular formula is C22H30NOP. The van der Waals surface area contributed by atoms with E-state index < -0.39 is 0 Å². The van der Waals surface area contributed by atoms with Crippen LogP contribution in [0.2, 0.25) is 0 Å². The quantitative estimate of drug-likeness (QED) is 0.812. The first-order chi connectivity index (χ1) is 11.9. The third-order valence-electron chi connectivity index (χ3n) is 4.96. The van der Waals surface area contributed by atoms with Crippen LogP contribution >= 0.6 is 8.58 Å². The van der Waals surface area contributed by atoms with Gasteiger partial charge in [0.2, 0.25) is 0 Å². The normalized spacial score (nSPS) is 15.9. The van der Waals surface area contributed by atoms with E-state index in [1.807, 2.05) is 6.07 Å². The second-order valence-corrected chi connectivity index (χ2v) is 9.47. The maximum absolute atomic E-state index is 10.8. The zero-order chi connectivity index (χ0) is 18.0. The minimum atomic E-state index is -0.0481. The number of benzene rings is 2. The maximum Gasteiger partial charge on any atom is 0.127 e. The van der Waals surface area contributed by atoms with Crippen molar-refractivity contribution in [1.82, 2.24) is 0 Å². The van der Waals surface area contributed by atoms with Gasteiger partial charge in [0.05, 0.1) is 0 Å². The van der Waals surface area contributed by atoms with Crippen molar-refractivity contribution in [3.8, 4) is 5.75 Å². The fraction of sp³-hybridized carbons (Fsp3) is 0.455. The van der Waals surface area contributed by atoms with Crippen molar-refractivity contribution in [3.63, 3.8) is 0 Å². The van der Waals surface area contributed by atoms with E-state index in [-0.39, 0.29) is 5.41 Å². The van der Waals surface area contributed by atoms with Gasteiger partial charge in [-0.1, -0.05) is 59.7 Å². The Morgan fingerprint density at radius 1 is 0.960 bits per heavy atom. The van der Waals surface area contributed by atoms with Crippen LogP contribution in [0.15, 0.2) is 36.4 Å². The molecule has 1 aliphatic rings. The zero-order valence-corrected chi connectivity index (χ0v) is 16.9. The molecule has 0 bridgehead atoms. The summed E-state index contributed by atoms with van der Waals surface area (Å²) >= 11 is 0. The molecule has 1 heterocycles. The number of aromatic hydroxyl groups is 1. The lowest BCUT2D eigenvalue weighted by atomic mass is 9.86. The highest BCUT2D eigenvalue weighted by Gasteiger charge is 2.21. The van der Waals surface area contributed by atoms with Gasteiger partial charge in [-0.25, -0.2) is 0 Å². The van der Waals surface area contributed by atoms with Crippen molar-refractivity contribution >= 4 is 24.9 Å². The molecule has 2 nitrogen and oxygen atoms in total. The summed E-state index contributed by atoms with van der Waals surface area (Å²) in [5.41, 5.74) is 3.65. The Morgan fingerprint density at radius 2 is 1.68 bits per heavy atom. The molecule has 0 spiro atoms. The van der Waals surface area contributed by atoms with Crippen LogP contribution in [-0.2, 0) is 5.41 Å². The van der Waals surface area contributed by atoms with Gasteiger partial charge in [0.15, 0.2) is 0 Å². The van der Waals surface area contributed by atoms with Crippen LogP contribution in [0, 0.1) is 6.92 Å². The highest BCUT2D eigenvalue weighted by Crippen LogP contribution is 2.33. The number of hydrogen-bond acceptors (Lipinski definition) is 2. The Hall–Kier alpha value is -1.53. The predicted molar refractivity (Wildman–Crippen MR) is 112 cm³/mol. The molecule has 0 aromatic heterocycles. The van der Waals surface area contributed by atoms with Gasteiger partial charge in [-0.3, -0.25) is 0 Å². The van der Waals surface area contributed by atoms with E-state index in [2.05, 4.69) is 62.9 Å². The topological polar surface area (TPSA) is 23.5 Å². The minimum Gasteiger partial charge on any atom is -0.507 e. The van der Waals surface area contributed by atoms with Crippen LogP contribution in [0.25, 0.3) is 0 Å². The van der Waals surface area contributed by atoms with Gasteiger partial charge in [0.25, 0.3) is 0 Å². The van der Waals surface area contributed by atoms with Crippen LogP contribution < -0.4 is 15.5 Å². The summed E-state index contributed by atoms with van der Waals surface area (Å²) < 4.78 is 0. The Labute approximate surface area is 154 Å². The van der Waals surface area contributed by atoms with E-state index in [1.54, 1.807) is 0 Å². The van der Waals surface area contributed by atoms with Gasteiger partial charge in [-0.2, -0.15) is 0 Å².